The zero-order chi connectivity index (χ0) is 12.0. The van der Waals surface area contributed by atoms with Crippen molar-refractivity contribution >= 4 is 0 Å². The smallest absolute Gasteiger partial charge is 0.0914 e. The molecule has 0 aliphatic heterocycles. The lowest BCUT2D eigenvalue weighted by Crippen LogP contribution is -2.38. The van der Waals surface area contributed by atoms with E-state index in [1.807, 2.05) is 44.2 Å². The lowest BCUT2D eigenvalue weighted by Gasteiger charge is -2.21. The second-order valence-corrected chi connectivity index (χ2v) is 4.06. The van der Waals surface area contributed by atoms with Crippen LogP contribution in [0.2, 0.25) is 0 Å². The first-order chi connectivity index (χ1) is 7.65. The molecule has 2 N–H and O–H groups in total. The van der Waals surface area contributed by atoms with Crippen molar-refractivity contribution in [3.05, 3.63) is 35.9 Å². The van der Waals surface area contributed by atoms with Crippen LogP contribution in [-0.4, -0.2) is 30.9 Å². The minimum atomic E-state index is -0.465. The second kappa shape index (κ2) is 6.63. The lowest BCUT2D eigenvalue weighted by atomic mass is 10.1. The monoisotopic (exact) mass is 223 g/mol. The summed E-state index contributed by atoms with van der Waals surface area (Å²) in [5.74, 6) is 0. The summed E-state index contributed by atoms with van der Waals surface area (Å²) >= 11 is 0. The normalized spacial score (nSPS) is 16.8. The number of aliphatic hydroxyl groups excluding tert-OH is 1. The van der Waals surface area contributed by atoms with E-state index < -0.39 is 6.10 Å². The van der Waals surface area contributed by atoms with Gasteiger partial charge in [-0.2, -0.15) is 0 Å². The molecule has 0 fully saturated rings. The minimum Gasteiger partial charge on any atom is -0.387 e. The van der Waals surface area contributed by atoms with E-state index in [1.165, 1.54) is 0 Å². The Labute approximate surface area is 97.4 Å². The standard InChI is InChI=1S/C13H21NO2/c1-10(11(2)16-3)14-9-13(15)12-7-5-4-6-8-12/h4-8,10-11,13-15H,9H2,1-3H3. The van der Waals surface area contributed by atoms with Crippen molar-refractivity contribution in [2.75, 3.05) is 13.7 Å². The highest BCUT2D eigenvalue weighted by molar-refractivity contribution is 5.17. The third-order valence-corrected chi connectivity index (χ3v) is 2.89. The highest BCUT2D eigenvalue weighted by Crippen LogP contribution is 2.11. The van der Waals surface area contributed by atoms with Crippen LogP contribution in [0.3, 0.4) is 0 Å². The molecule has 0 bridgehead atoms. The van der Waals surface area contributed by atoms with Crippen molar-refractivity contribution < 1.29 is 9.84 Å². The molecule has 90 valence electrons. The summed E-state index contributed by atoms with van der Waals surface area (Å²) in [6.07, 6.45) is -0.323. The summed E-state index contributed by atoms with van der Waals surface area (Å²) in [4.78, 5) is 0. The van der Waals surface area contributed by atoms with Crippen LogP contribution in [0.4, 0.5) is 0 Å². The number of methoxy groups -OCH3 is 1. The molecule has 0 radical (unpaired) electrons. The molecule has 1 aromatic carbocycles. The first-order valence-corrected chi connectivity index (χ1v) is 5.64. The third-order valence-electron chi connectivity index (χ3n) is 2.89. The number of aliphatic hydroxyl groups is 1. The van der Waals surface area contributed by atoms with Gasteiger partial charge in [-0.3, -0.25) is 0 Å². The van der Waals surface area contributed by atoms with Gasteiger partial charge in [0.05, 0.1) is 12.2 Å². The molecule has 0 saturated carbocycles. The van der Waals surface area contributed by atoms with Crippen molar-refractivity contribution in [2.45, 2.75) is 32.1 Å². The van der Waals surface area contributed by atoms with Crippen LogP contribution in [0.5, 0.6) is 0 Å². The number of hydrogen-bond acceptors (Lipinski definition) is 3. The Balaban J connectivity index is 2.38. The van der Waals surface area contributed by atoms with Gasteiger partial charge in [0.25, 0.3) is 0 Å². The van der Waals surface area contributed by atoms with E-state index in [0.29, 0.717) is 6.54 Å². The lowest BCUT2D eigenvalue weighted by molar-refractivity contribution is 0.0806. The zero-order valence-corrected chi connectivity index (χ0v) is 10.2. The molecule has 3 unspecified atom stereocenters. The summed E-state index contributed by atoms with van der Waals surface area (Å²) in [6, 6.07) is 9.88. The van der Waals surface area contributed by atoms with E-state index in [0.717, 1.165) is 5.56 Å². The quantitative estimate of drug-likeness (QED) is 0.771. The summed E-state index contributed by atoms with van der Waals surface area (Å²) in [6.45, 7) is 4.59. The van der Waals surface area contributed by atoms with E-state index >= 15 is 0 Å². The molecule has 0 spiro atoms. The summed E-state index contributed by atoms with van der Waals surface area (Å²) < 4.78 is 5.21. The fourth-order valence-electron chi connectivity index (χ4n) is 1.46. The zero-order valence-electron chi connectivity index (χ0n) is 10.2. The molecular weight excluding hydrogens is 202 g/mol. The van der Waals surface area contributed by atoms with Gasteiger partial charge >= 0.3 is 0 Å². The first kappa shape index (κ1) is 13.2. The molecule has 1 rings (SSSR count). The number of nitrogens with one attached hydrogen (secondary N) is 1. The molecule has 3 nitrogen and oxygen atoms in total. The van der Waals surface area contributed by atoms with Gasteiger partial charge in [-0.1, -0.05) is 30.3 Å². The van der Waals surface area contributed by atoms with E-state index in [1.54, 1.807) is 7.11 Å². The number of benzene rings is 1. The first-order valence-electron chi connectivity index (χ1n) is 5.64. The maximum absolute atomic E-state index is 9.92. The molecule has 0 aromatic heterocycles. The molecule has 3 atom stereocenters. The second-order valence-electron chi connectivity index (χ2n) is 4.06. The van der Waals surface area contributed by atoms with Crippen molar-refractivity contribution in [2.24, 2.45) is 0 Å². The largest absolute Gasteiger partial charge is 0.387 e. The summed E-state index contributed by atoms with van der Waals surface area (Å²) in [7, 11) is 1.69. The Morgan fingerprint density at radius 1 is 1.25 bits per heavy atom. The van der Waals surface area contributed by atoms with Crippen LogP contribution in [0.25, 0.3) is 0 Å². The van der Waals surface area contributed by atoms with Crippen LogP contribution in [-0.2, 0) is 4.74 Å². The van der Waals surface area contributed by atoms with E-state index in [-0.39, 0.29) is 12.1 Å². The Kier molecular flexibility index (Phi) is 5.46. The van der Waals surface area contributed by atoms with Crippen molar-refractivity contribution in [3.63, 3.8) is 0 Å². The van der Waals surface area contributed by atoms with Gasteiger partial charge in [0.1, 0.15) is 0 Å². The van der Waals surface area contributed by atoms with E-state index in [9.17, 15) is 5.11 Å². The molecule has 3 heteroatoms. The van der Waals surface area contributed by atoms with Crippen LogP contribution in [0.15, 0.2) is 30.3 Å². The summed E-state index contributed by atoms with van der Waals surface area (Å²) in [5, 5.41) is 13.2. The Bertz CT molecular complexity index is 289. The molecule has 0 heterocycles. The van der Waals surface area contributed by atoms with Crippen molar-refractivity contribution in [1.29, 1.82) is 0 Å². The SMILES string of the molecule is COC(C)C(C)NCC(O)c1ccccc1. The Morgan fingerprint density at radius 3 is 2.44 bits per heavy atom. The van der Waals surface area contributed by atoms with Gasteiger partial charge in [-0.15, -0.1) is 0 Å². The van der Waals surface area contributed by atoms with Crippen LogP contribution >= 0.6 is 0 Å². The van der Waals surface area contributed by atoms with Gasteiger partial charge < -0.3 is 15.2 Å². The van der Waals surface area contributed by atoms with Crippen molar-refractivity contribution in [3.8, 4) is 0 Å². The molecule has 1 aromatic rings. The van der Waals surface area contributed by atoms with Gasteiger partial charge in [-0.05, 0) is 19.4 Å². The third kappa shape index (κ3) is 3.93. The maximum atomic E-state index is 9.92. The predicted molar refractivity (Wildman–Crippen MR) is 65.3 cm³/mol. The number of hydrogen-bond donors (Lipinski definition) is 2. The molecule has 0 amide bonds. The average Bonchev–Trinajstić information content (AvgIpc) is 2.35. The molecule has 16 heavy (non-hydrogen) atoms. The Hall–Kier alpha value is -0.900. The summed E-state index contributed by atoms with van der Waals surface area (Å²) in [5.41, 5.74) is 0.937. The average molecular weight is 223 g/mol. The van der Waals surface area contributed by atoms with Crippen LogP contribution in [0.1, 0.15) is 25.5 Å². The fourth-order valence-corrected chi connectivity index (χ4v) is 1.46. The number of rotatable bonds is 6. The van der Waals surface area contributed by atoms with Gasteiger partial charge in [0.2, 0.25) is 0 Å². The van der Waals surface area contributed by atoms with Gasteiger partial charge in [0.15, 0.2) is 0 Å². The molecule has 0 aliphatic carbocycles. The highest BCUT2D eigenvalue weighted by Gasteiger charge is 2.13. The maximum Gasteiger partial charge on any atom is 0.0914 e. The topological polar surface area (TPSA) is 41.5 Å². The molecule has 0 saturated heterocycles. The Morgan fingerprint density at radius 2 is 1.88 bits per heavy atom. The molecular formula is C13H21NO2. The minimum absolute atomic E-state index is 0.142. The molecule has 0 aliphatic rings. The van der Waals surface area contributed by atoms with Crippen molar-refractivity contribution in [1.82, 2.24) is 5.32 Å². The fraction of sp³-hybridized carbons (Fsp3) is 0.538. The van der Waals surface area contributed by atoms with E-state index in [4.69, 9.17) is 4.74 Å². The highest BCUT2D eigenvalue weighted by atomic mass is 16.5. The van der Waals surface area contributed by atoms with Gasteiger partial charge in [0, 0.05) is 19.7 Å². The van der Waals surface area contributed by atoms with E-state index in [2.05, 4.69) is 5.32 Å². The van der Waals surface area contributed by atoms with Crippen LogP contribution in [0, 0.1) is 0 Å². The van der Waals surface area contributed by atoms with Crippen LogP contribution < -0.4 is 5.32 Å². The van der Waals surface area contributed by atoms with Gasteiger partial charge in [-0.25, -0.2) is 0 Å². The predicted octanol–water partition coefficient (Wildman–Crippen LogP) is 1.73. The number of ether oxygens (including phenoxy) is 1.